The first-order valence-electron chi connectivity index (χ1n) is 12.3. The molecule has 0 heterocycles. The van der Waals surface area contributed by atoms with Crippen molar-refractivity contribution in [2.24, 2.45) is 11.8 Å². The maximum Gasteiger partial charge on any atom is -0.0105 e. The van der Waals surface area contributed by atoms with Crippen LogP contribution >= 0.6 is 0 Å². The maximum absolute atomic E-state index is 2.47. The topological polar surface area (TPSA) is 0 Å². The van der Waals surface area contributed by atoms with E-state index in [1.165, 1.54) is 69.5 Å². The largest absolute Gasteiger partial charge is 0.0587 e. The summed E-state index contributed by atoms with van der Waals surface area (Å²) in [6.45, 7) is 9.34. The van der Waals surface area contributed by atoms with Crippen molar-refractivity contribution in [3.05, 3.63) is 94.0 Å². The molecule has 0 amide bonds. The molecule has 4 aromatic rings. The first-order chi connectivity index (χ1) is 15.5. The van der Waals surface area contributed by atoms with Gasteiger partial charge in [0.25, 0.3) is 0 Å². The summed E-state index contributed by atoms with van der Waals surface area (Å²) < 4.78 is 0. The Labute approximate surface area is 192 Å². The molecular formula is C32H32. The molecule has 0 fully saturated rings. The highest BCUT2D eigenvalue weighted by Crippen LogP contribution is 2.50. The average Bonchev–Trinajstić information content (AvgIpc) is 2.79. The molecule has 0 spiro atoms. The summed E-state index contributed by atoms with van der Waals surface area (Å²) in [5.74, 6) is 1.16. The molecule has 160 valence electrons. The van der Waals surface area contributed by atoms with E-state index in [-0.39, 0.29) is 0 Å². The summed E-state index contributed by atoms with van der Waals surface area (Å²) in [7, 11) is 0. The Hall–Kier alpha value is -2.86. The number of fused-ring (bicyclic) bond motifs is 6. The van der Waals surface area contributed by atoms with E-state index in [4.69, 9.17) is 0 Å². The van der Waals surface area contributed by atoms with Crippen LogP contribution < -0.4 is 0 Å². The lowest BCUT2D eigenvalue weighted by Gasteiger charge is -2.35. The molecule has 4 aromatic carbocycles. The van der Waals surface area contributed by atoms with Crippen LogP contribution in [0.4, 0.5) is 0 Å². The molecule has 2 aliphatic carbocycles. The highest BCUT2D eigenvalue weighted by molar-refractivity contribution is 6.08. The summed E-state index contributed by atoms with van der Waals surface area (Å²) in [5, 5.41) is 5.65. The van der Waals surface area contributed by atoms with Crippen molar-refractivity contribution in [2.75, 3.05) is 0 Å². The standard InChI is InChI=1S/C32H32/c1-19-5-15-27-25(17-19)13-11-23-9-7-21(3)29(31(23)27)30-22(4)8-10-24-12-14-26-18-20(2)6-16-28(26)32(24)30/h5-6,11-18,21-22H,7-10H2,1-4H3/b30-29-/t21-,22-/m1/s1. The van der Waals surface area contributed by atoms with Gasteiger partial charge in [0.1, 0.15) is 0 Å². The predicted molar refractivity (Wildman–Crippen MR) is 139 cm³/mol. The van der Waals surface area contributed by atoms with Crippen molar-refractivity contribution in [1.29, 1.82) is 0 Å². The van der Waals surface area contributed by atoms with Gasteiger partial charge in [-0.3, -0.25) is 0 Å². The monoisotopic (exact) mass is 416 g/mol. The quantitative estimate of drug-likeness (QED) is 0.269. The van der Waals surface area contributed by atoms with Crippen molar-refractivity contribution in [3.8, 4) is 0 Å². The molecule has 0 aliphatic heterocycles. The van der Waals surface area contributed by atoms with Crippen LogP contribution in [0.25, 0.3) is 32.7 Å². The first-order valence-corrected chi connectivity index (χ1v) is 12.3. The zero-order valence-electron chi connectivity index (χ0n) is 19.8. The molecule has 0 aromatic heterocycles. The Morgan fingerprint density at radius 2 is 1.00 bits per heavy atom. The van der Waals surface area contributed by atoms with E-state index in [1.807, 2.05) is 0 Å². The normalized spacial score (nSPS) is 22.8. The number of rotatable bonds is 0. The van der Waals surface area contributed by atoms with Gasteiger partial charge in [-0.1, -0.05) is 85.6 Å². The molecule has 0 unspecified atom stereocenters. The zero-order valence-corrected chi connectivity index (χ0v) is 19.8. The maximum atomic E-state index is 2.47. The van der Waals surface area contributed by atoms with Gasteiger partial charge in [0.2, 0.25) is 0 Å². The van der Waals surface area contributed by atoms with Crippen molar-refractivity contribution in [2.45, 2.75) is 53.4 Å². The minimum atomic E-state index is 0.582. The Morgan fingerprint density at radius 1 is 0.562 bits per heavy atom. The number of aryl methyl sites for hydroxylation is 4. The Bertz CT molecular complexity index is 1310. The third kappa shape index (κ3) is 2.96. The Balaban J connectivity index is 1.75. The molecule has 6 rings (SSSR count). The minimum absolute atomic E-state index is 0.582. The van der Waals surface area contributed by atoms with Gasteiger partial charge >= 0.3 is 0 Å². The van der Waals surface area contributed by atoms with E-state index in [9.17, 15) is 0 Å². The van der Waals surface area contributed by atoms with E-state index >= 15 is 0 Å². The second kappa shape index (κ2) is 7.34. The zero-order chi connectivity index (χ0) is 22.0. The van der Waals surface area contributed by atoms with Gasteiger partial charge in [0.15, 0.2) is 0 Å². The fraction of sp³-hybridized carbons (Fsp3) is 0.312. The molecule has 0 N–H and O–H groups in total. The Morgan fingerprint density at radius 3 is 1.44 bits per heavy atom. The second-order valence-corrected chi connectivity index (χ2v) is 10.4. The number of hydrogen-bond acceptors (Lipinski definition) is 0. The van der Waals surface area contributed by atoms with Crippen molar-refractivity contribution in [1.82, 2.24) is 0 Å². The number of hydrogen-bond donors (Lipinski definition) is 0. The molecule has 2 atom stereocenters. The summed E-state index contributed by atoms with van der Waals surface area (Å²) in [4.78, 5) is 0. The van der Waals surface area contributed by atoms with Gasteiger partial charge in [0.05, 0.1) is 0 Å². The minimum Gasteiger partial charge on any atom is -0.0587 e. The number of allylic oxidation sites excluding steroid dienone is 2. The van der Waals surface area contributed by atoms with Crippen LogP contribution in [-0.4, -0.2) is 0 Å². The van der Waals surface area contributed by atoms with Crippen molar-refractivity contribution >= 4 is 32.7 Å². The van der Waals surface area contributed by atoms with Gasteiger partial charge < -0.3 is 0 Å². The summed E-state index contributed by atoms with van der Waals surface area (Å²) in [5.41, 5.74) is 12.1. The van der Waals surface area contributed by atoms with Crippen LogP contribution in [0.3, 0.4) is 0 Å². The lowest BCUT2D eigenvalue weighted by atomic mass is 9.69. The fourth-order valence-electron chi connectivity index (χ4n) is 6.37. The van der Waals surface area contributed by atoms with Crippen LogP contribution in [0.2, 0.25) is 0 Å². The average molecular weight is 417 g/mol. The lowest BCUT2D eigenvalue weighted by Crippen LogP contribution is -2.19. The second-order valence-electron chi connectivity index (χ2n) is 10.4. The molecule has 0 nitrogen and oxygen atoms in total. The Kier molecular flexibility index (Phi) is 4.54. The molecule has 0 heteroatoms. The first kappa shape index (κ1) is 19.8. The molecule has 0 saturated heterocycles. The van der Waals surface area contributed by atoms with Gasteiger partial charge in [-0.25, -0.2) is 0 Å². The van der Waals surface area contributed by atoms with Crippen molar-refractivity contribution < 1.29 is 0 Å². The molecular weight excluding hydrogens is 384 g/mol. The van der Waals surface area contributed by atoms with Gasteiger partial charge in [-0.05, 0) is 106 Å². The molecule has 32 heavy (non-hydrogen) atoms. The van der Waals surface area contributed by atoms with Crippen LogP contribution in [-0.2, 0) is 12.8 Å². The van der Waals surface area contributed by atoms with E-state index < -0.39 is 0 Å². The third-order valence-corrected chi connectivity index (χ3v) is 8.03. The molecule has 0 radical (unpaired) electrons. The van der Waals surface area contributed by atoms with E-state index in [2.05, 4.69) is 88.4 Å². The van der Waals surface area contributed by atoms with Gasteiger partial charge in [-0.2, -0.15) is 0 Å². The summed E-state index contributed by atoms with van der Waals surface area (Å²) in [6.07, 6.45) is 4.87. The summed E-state index contributed by atoms with van der Waals surface area (Å²) >= 11 is 0. The van der Waals surface area contributed by atoms with E-state index in [0.717, 1.165) is 0 Å². The molecule has 2 aliphatic rings. The highest BCUT2D eigenvalue weighted by atomic mass is 14.4. The van der Waals surface area contributed by atoms with Crippen LogP contribution in [0.1, 0.15) is 60.1 Å². The highest BCUT2D eigenvalue weighted by Gasteiger charge is 2.32. The number of benzene rings is 4. The van der Waals surface area contributed by atoms with Crippen LogP contribution in [0.5, 0.6) is 0 Å². The third-order valence-electron chi connectivity index (χ3n) is 8.03. The van der Waals surface area contributed by atoms with Gasteiger partial charge in [-0.15, -0.1) is 0 Å². The van der Waals surface area contributed by atoms with Gasteiger partial charge in [0, 0.05) is 0 Å². The molecule has 0 bridgehead atoms. The smallest absolute Gasteiger partial charge is 0.0105 e. The van der Waals surface area contributed by atoms with E-state index in [1.54, 1.807) is 22.3 Å². The van der Waals surface area contributed by atoms with Crippen LogP contribution in [0, 0.1) is 25.7 Å². The SMILES string of the molecule is Cc1ccc2c3c(ccc2c1)CC[C@@H](C)/C3=C1/c2c(ccc3cc(C)ccc23)CC[C@H]1C. The lowest BCUT2D eigenvalue weighted by molar-refractivity contribution is 0.617. The van der Waals surface area contributed by atoms with E-state index in [0.29, 0.717) is 11.8 Å². The predicted octanol–water partition coefficient (Wildman–Crippen LogP) is 8.69. The van der Waals surface area contributed by atoms with Crippen molar-refractivity contribution in [3.63, 3.8) is 0 Å². The fourth-order valence-corrected chi connectivity index (χ4v) is 6.37. The summed E-state index contributed by atoms with van der Waals surface area (Å²) in [6, 6.07) is 23.6. The van der Waals surface area contributed by atoms with Crippen LogP contribution in [0.15, 0.2) is 60.7 Å². The molecule has 0 saturated carbocycles.